The van der Waals surface area contributed by atoms with Crippen LogP contribution in [0.15, 0.2) is 47.1 Å². The summed E-state index contributed by atoms with van der Waals surface area (Å²) < 4.78 is 6.49. The van der Waals surface area contributed by atoms with Crippen LogP contribution in [0.4, 0.5) is 0 Å². The molecular weight excluding hydrogens is 263 g/mol. The molecule has 0 aliphatic rings. The fourth-order valence-electron chi connectivity index (χ4n) is 1.08. The summed E-state index contributed by atoms with van der Waals surface area (Å²) in [5, 5.41) is 0. The van der Waals surface area contributed by atoms with Crippen LogP contribution in [-0.2, 0) is 0 Å². The lowest BCUT2D eigenvalue weighted by Gasteiger charge is -1.95. The van der Waals surface area contributed by atoms with Crippen molar-refractivity contribution in [3.05, 3.63) is 46.2 Å². The molecule has 0 bridgehead atoms. The van der Waals surface area contributed by atoms with E-state index in [0.29, 0.717) is 0 Å². The average molecular weight is 270 g/mol. The molecule has 0 spiro atoms. The molecule has 0 unspecified atom stereocenters. The summed E-state index contributed by atoms with van der Waals surface area (Å²) in [4.78, 5) is 0. The predicted molar refractivity (Wildman–Crippen MR) is 56.9 cm³/mol. The summed E-state index contributed by atoms with van der Waals surface area (Å²) in [5.41, 5.74) is 1.13. The van der Waals surface area contributed by atoms with Gasteiger partial charge in [-0.1, -0.05) is 12.1 Å². The standard InChI is InChI=1S/C10H7IO/c11-9-4-1-3-8(7-9)10-5-2-6-12-10/h1-7H. The number of hydrogen-bond acceptors (Lipinski definition) is 1. The van der Waals surface area contributed by atoms with Gasteiger partial charge in [-0.2, -0.15) is 0 Å². The maximum absolute atomic E-state index is 5.27. The van der Waals surface area contributed by atoms with Gasteiger partial charge in [0.05, 0.1) is 6.26 Å². The molecule has 0 fully saturated rings. The Bertz CT molecular complexity index is 365. The molecule has 2 aromatic rings. The molecule has 2 heteroatoms. The van der Waals surface area contributed by atoms with Crippen molar-refractivity contribution in [3.63, 3.8) is 0 Å². The maximum atomic E-state index is 5.27. The van der Waals surface area contributed by atoms with E-state index in [-0.39, 0.29) is 0 Å². The van der Waals surface area contributed by atoms with Gasteiger partial charge < -0.3 is 4.42 Å². The Morgan fingerprint density at radius 1 is 1.08 bits per heavy atom. The summed E-state index contributed by atoms with van der Waals surface area (Å²) in [5.74, 6) is 0.925. The second kappa shape index (κ2) is 3.31. The molecule has 0 N–H and O–H groups in total. The van der Waals surface area contributed by atoms with E-state index in [1.807, 2.05) is 24.3 Å². The second-order valence-corrected chi connectivity index (χ2v) is 3.73. The molecule has 60 valence electrons. The summed E-state index contributed by atoms with van der Waals surface area (Å²) >= 11 is 2.29. The first-order chi connectivity index (χ1) is 5.86. The van der Waals surface area contributed by atoms with E-state index in [4.69, 9.17) is 4.42 Å². The second-order valence-electron chi connectivity index (χ2n) is 2.49. The van der Waals surface area contributed by atoms with Crippen molar-refractivity contribution < 1.29 is 4.42 Å². The molecular formula is C10H7IO. The van der Waals surface area contributed by atoms with Crippen molar-refractivity contribution in [3.8, 4) is 11.3 Å². The van der Waals surface area contributed by atoms with Crippen LogP contribution in [0, 0.1) is 3.57 Å². The molecule has 0 aliphatic heterocycles. The Balaban J connectivity index is 2.48. The molecule has 1 aromatic heterocycles. The molecule has 1 aromatic carbocycles. The molecule has 1 heterocycles. The van der Waals surface area contributed by atoms with Gasteiger partial charge >= 0.3 is 0 Å². The Labute approximate surface area is 84.5 Å². The van der Waals surface area contributed by atoms with E-state index in [2.05, 4.69) is 34.7 Å². The van der Waals surface area contributed by atoms with Gasteiger partial charge in [0.2, 0.25) is 0 Å². The molecule has 1 nitrogen and oxygen atoms in total. The van der Waals surface area contributed by atoms with Crippen LogP contribution in [0.2, 0.25) is 0 Å². The lowest BCUT2D eigenvalue weighted by molar-refractivity contribution is 0.582. The van der Waals surface area contributed by atoms with E-state index in [1.54, 1.807) is 6.26 Å². The first kappa shape index (κ1) is 7.86. The van der Waals surface area contributed by atoms with Gasteiger partial charge in [-0.25, -0.2) is 0 Å². The Kier molecular flexibility index (Phi) is 2.17. The Morgan fingerprint density at radius 3 is 2.67 bits per heavy atom. The lowest BCUT2D eigenvalue weighted by atomic mass is 10.2. The smallest absolute Gasteiger partial charge is 0.133 e. The number of rotatable bonds is 1. The van der Waals surface area contributed by atoms with Crippen molar-refractivity contribution >= 4 is 22.6 Å². The van der Waals surface area contributed by atoms with Gasteiger partial charge in [-0.15, -0.1) is 0 Å². The molecule has 0 amide bonds. The Morgan fingerprint density at radius 2 is 2.00 bits per heavy atom. The van der Waals surface area contributed by atoms with Crippen LogP contribution in [-0.4, -0.2) is 0 Å². The molecule has 0 radical (unpaired) electrons. The maximum Gasteiger partial charge on any atom is 0.133 e. The van der Waals surface area contributed by atoms with Gasteiger partial charge in [0.25, 0.3) is 0 Å². The number of benzene rings is 1. The van der Waals surface area contributed by atoms with Gasteiger partial charge in [-0.3, -0.25) is 0 Å². The van der Waals surface area contributed by atoms with Gasteiger partial charge in [0, 0.05) is 9.13 Å². The minimum Gasteiger partial charge on any atom is -0.464 e. The summed E-state index contributed by atoms with van der Waals surface area (Å²) in [6.07, 6.45) is 1.69. The van der Waals surface area contributed by atoms with E-state index in [9.17, 15) is 0 Å². The van der Waals surface area contributed by atoms with Crippen molar-refractivity contribution in [1.29, 1.82) is 0 Å². The minimum atomic E-state index is 0.925. The highest BCUT2D eigenvalue weighted by Gasteiger charge is 1.98. The highest BCUT2D eigenvalue weighted by Crippen LogP contribution is 2.21. The third-order valence-corrected chi connectivity index (χ3v) is 2.30. The van der Waals surface area contributed by atoms with Crippen LogP contribution in [0.3, 0.4) is 0 Å². The van der Waals surface area contributed by atoms with Crippen molar-refractivity contribution in [2.24, 2.45) is 0 Å². The van der Waals surface area contributed by atoms with Crippen molar-refractivity contribution in [2.45, 2.75) is 0 Å². The predicted octanol–water partition coefficient (Wildman–Crippen LogP) is 3.55. The molecule has 0 atom stereocenters. The van der Waals surface area contributed by atoms with Crippen LogP contribution in [0.25, 0.3) is 11.3 Å². The molecule has 0 aliphatic carbocycles. The molecule has 2 rings (SSSR count). The zero-order valence-corrected chi connectivity index (χ0v) is 8.49. The van der Waals surface area contributed by atoms with Crippen molar-refractivity contribution in [1.82, 2.24) is 0 Å². The first-order valence-electron chi connectivity index (χ1n) is 3.66. The molecule has 0 saturated heterocycles. The number of halogens is 1. The normalized spacial score (nSPS) is 10.1. The quantitative estimate of drug-likeness (QED) is 0.722. The molecule has 12 heavy (non-hydrogen) atoms. The number of furan rings is 1. The van der Waals surface area contributed by atoms with Gasteiger partial charge in [0.15, 0.2) is 0 Å². The third kappa shape index (κ3) is 1.53. The van der Waals surface area contributed by atoms with Crippen molar-refractivity contribution in [2.75, 3.05) is 0 Å². The summed E-state index contributed by atoms with van der Waals surface area (Å²) in [7, 11) is 0. The topological polar surface area (TPSA) is 13.1 Å². The summed E-state index contributed by atoms with van der Waals surface area (Å²) in [6.45, 7) is 0. The van der Waals surface area contributed by atoms with Crippen LogP contribution < -0.4 is 0 Å². The van der Waals surface area contributed by atoms with Gasteiger partial charge in [-0.05, 0) is 46.9 Å². The molecule has 0 saturated carbocycles. The summed E-state index contributed by atoms with van der Waals surface area (Å²) in [6, 6.07) is 12.1. The Hall–Kier alpha value is -0.770. The van der Waals surface area contributed by atoms with Crippen LogP contribution >= 0.6 is 22.6 Å². The zero-order chi connectivity index (χ0) is 8.39. The fraction of sp³-hybridized carbons (Fsp3) is 0. The van der Waals surface area contributed by atoms with Gasteiger partial charge in [0.1, 0.15) is 5.76 Å². The van der Waals surface area contributed by atoms with E-state index in [0.717, 1.165) is 11.3 Å². The van der Waals surface area contributed by atoms with E-state index in [1.165, 1.54) is 3.57 Å². The average Bonchev–Trinajstić information content (AvgIpc) is 2.56. The first-order valence-corrected chi connectivity index (χ1v) is 4.73. The lowest BCUT2D eigenvalue weighted by Crippen LogP contribution is -1.74. The highest BCUT2D eigenvalue weighted by atomic mass is 127. The largest absolute Gasteiger partial charge is 0.464 e. The van der Waals surface area contributed by atoms with E-state index >= 15 is 0 Å². The third-order valence-electron chi connectivity index (χ3n) is 1.63. The fourth-order valence-corrected chi connectivity index (χ4v) is 1.63. The number of hydrogen-bond donors (Lipinski definition) is 0. The monoisotopic (exact) mass is 270 g/mol. The SMILES string of the molecule is Ic1cccc(-c2ccco2)c1. The van der Waals surface area contributed by atoms with Crippen LogP contribution in [0.1, 0.15) is 0 Å². The van der Waals surface area contributed by atoms with E-state index < -0.39 is 0 Å². The zero-order valence-electron chi connectivity index (χ0n) is 6.33. The highest BCUT2D eigenvalue weighted by molar-refractivity contribution is 14.1. The minimum absolute atomic E-state index is 0.925. The van der Waals surface area contributed by atoms with Crippen LogP contribution in [0.5, 0.6) is 0 Å².